The lowest BCUT2D eigenvalue weighted by Gasteiger charge is -2.17. The number of benzene rings is 1. The highest BCUT2D eigenvalue weighted by atomic mass is 16.5. The minimum absolute atomic E-state index is 0.661. The lowest BCUT2D eigenvalue weighted by molar-refractivity contribution is 0.232. The van der Waals surface area contributed by atoms with Gasteiger partial charge in [0.15, 0.2) is 0 Å². The average Bonchev–Trinajstić information content (AvgIpc) is 2.49. The molecule has 4 heteroatoms. The van der Waals surface area contributed by atoms with E-state index in [1.165, 1.54) is 5.56 Å². The minimum atomic E-state index is 0.661. The largest absolute Gasteiger partial charge is 0.497 e. The first-order valence-corrected chi connectivity index (χ1v) is 6.62. The van der Waals surface area contributed by atoms with Crippen molar-refractivity contribution in [3.05, 3.63) is 54.4 Å². The van der Waals surface area contributed by atoms with Gasteiger partial charge in [0.05, 0.1) is 7.11 Å². The molecular formula is C16H20N2O2. The lowest BCUT2D eigenvalue weighted by atomic mass is 10.2. The molecule has 0 aliphatic carbocycles. The first-order chi connectivity index (χ1) is 9.78. The van der Waals surface area contributed by atoms with Crippen LogP contribution in [0.2, 0.25) is 0 Å². The van der Waals surface area contributed by atoms with Gasteiger partial charge in [-0.05, 0) is 49.0 Å². The Morgan fingerprint density at radius 3 is 2.30 bits per heavy atom. The Morgan fingerprint density at radius 2 is 1.65 bits per heavy atom. The van der Waals surface area contributed by atoms with E-state index in [9.17, 15) is 0 Å². The summed E-state index contributed by atoms with van der Waals surface area (Å²) < 4.78 is 10.8. The Hall–Kier alpha value is -2.07. The van der Waals surface area contributed by atoms with E-state index >= 15 is 0 Å². The van der Waals surface area contributed by atoms with Crippen LogP contribution in [0.1, 0.15) is 5.56 Å². The summed E-state index contributed by atoms with van der Waals surface area (Å²) >= 11 is 0. The molecule has 0 radical (unpaired) electrons. The second-order valence-electron chi connectivity index (χ2n) is 4.62. The first-order valence-electron chi connectivity index (χ1n) is 6.62. The molecule has 0 aliphatic heterocycles. The molecule has 0 aliphatic rings. The highest BCUT2D eigenvalue weighted by molar-refractivity contribution is 5.31. The zero-order chi connectivity index (χ0) is 14.2. The van der Waals surface area contributed by atoms with Crippen molar-refractivity contribution in [1.29, 1.82) is 0 Å². The smallest absolute Gasteiger partial charge is 0.119 e. The molecule has 106 valence electrons. The van der Waals surface area contributed by atoms with Crippen LogP contribution in [0.4, 0.5) is 0 Å². The summed E-state index contributed by atoms with van der Waals surface area (Å²) in [6, 6.07) is 11.7. The monoisotopic (exact) mass is 272 g/mol. The van der Waals surface area contributed by atoms with Crippen molar-refractivity contribution in [2.75, 3.05) is 27.3 Å². The van der Waals surface area contributed by atoms with E-state index < -0.39 is 0 Å². The molecule has 0 N–H and O–H groups in total. The highest BCUT2D eigenvalue weighted by Gasteiger charge is 2.01. The molecule has 0 fully saturated rings. The Balaban J connectivity index is 1.72. The first kappa shape index (κ1) is 14.3. The third-order valence-electron chi connectivity index (χ3n) is 3.00. The van der Waals surface area contributed by atoms with Crippen LogP contribution in [0.15, 0.2) is 48.8 Å². The van der Waals surface area contributed by atoms with Crippen molar-refractivity contribution in [3.8, 4) is 11.5 Å². The number of methoxy groups -OCH3 is 1. The molecule has 0 spiro atoms. The van der Waals surface area contributed by atoms with Crippen LogP contribution in [-0.4, -0.2) is 37.2 Å². The SMILES string of the molecule is COc1ccc(OCCN(C)Cc2ccncc2)cc1. The topological polar surface area (TPSA) is 34.6 Å². The van der Waals surface area contributed by atoms with Crippen molar-refractivity contribution in [1.82, 2.24) is 9.88 Å². The number of aromatic nitrogens is 1. The van der Waals surface area contributed by atoms with Crippen molar-refractivity contribution < 1.29 is 9.47 Å². The summed E-state index contributed by atoms with van der Waals surface area (Å²) in [6.07, 6.45) is 3.63. The maximum atomic E-state index is 5.70. The molecule has 0 saturated heterocycles. The van der Waals surface area contributed by atoms with Gasteiger partial charge in [-0.15, -0.1) is 0 Å². The van der Waals surface area contributed by atoms with Gasteiger partial charge in [0.2, 0.25) is 0 Å². The number of hydrogen-bond acceptors (Lipinski definition) is 4. The number of hydrogen-bond donors (Lipinski definition) is 0. The predicted octanol–water partition coefficient (Wildman–Crippen LogP) is 2.60. The van der Waals surface area contributed by atoms with Gasteiger partial charge in [0.25, 0.3) is 0 Å². The predicted molar refractivity (Wildman–Crippen MR) is 79.1 cm³/mol. The number of pyridine rings is 1. The van der Waals surface area contributed by atoms with Crippen LogP contribution in [0.5, 0.6) is 11.5 Å². The van der Waals surface area contributed by atoms with Gasteiger partial charge in [-0.3, -0.25) is 9.88 Å². The van der Waals surface area contributed by atoms with Gasteiger partial charge in [-0.1, -0.05) is 0 Å². The zero-order valence-electron chi connectivity index (χ0n) is 12.0. The Bertz CT molecular complexity index is 500. The molecule has 0 bridgehead atoms. The number of ether oxygens (including phenoxy) is 2. The standard InChI is InChI=1S/C16H20N2O2/c1-18(13-14-7-9-17-10-8-14)11-12-20-16-5-3-15(19-2)4-6-16/h3-10H,11-13H2,1-2H3. The highest BCUT2D eigenvalue weighted by Crippen LogP contribution is 2.16. The fourth-order valence-electron chi connectivity index (χ4n) is 1.87. The van der Waals surface area contributed by atoms with Gasteiger partial charge >= 0.3 is 0 Å². The quantitative estimate of drug-likeness (QED) is 0.776. The van der Waals surface area contributed by atoms with Gasteiger partial charge in [-0.2, -0.15) is 0 Å². The number of nitrogens with zero attached hydrogens (tertiary/aromatic N) is 2. The molecule has 2 rings (SSSR count). The summed E-state index contributed by atoms with van der Waals surface area (Å²) in [4.78, 5) is 6.24. The lowest BCUT2D eigenvalue weighted by Crippen LogP contribution is -2.23. The maximum Gasteiger partial charge on any atom is 0.119 e. The molecule has 4 nitrogen and oxygen atoms in total. The molecular weight excluding hydrogens is 252 g/mol. The van der Waals surface area contributed by atoms with Crippen LogP contribution in [0.25, 0.3) is 0 Å². The van der Waals surface area contributed by atoms with Crippen molar-refractivity contribution >= 4 is 0 Å². The Morgan fingerprint density at radius 1 is 1.00 bits per heavy atom. The van der Waals surface area contributed by atoms with Crippen molar-refractivity contribution in [2.45, 2.75) is 6.54 Å². The molecule has 0 saturated carbocycles. The minimum Gasteiger partial charge on any atom is -0.497 e. The third-order valence-corrected chi connectivity index (χ3v) is 3.00. The van der Waals surface area contributed by atoms with Crippen LogP contribution in [-0.2, 0) is 6.54 Å². The van der Waals surface area contributed by atoms with E-state index in [-0.39, 0.29) is 0 Å². The van der Waals surface area contributed by atoms with E-state index in [2.05, 4.69) is 16.9 Å². The third kappa shape index (κ3) is 4.55. The average molecular weight is 272 g/mol. The van der Waals surface area contributed by atoms with E-state index in [4.69, 9.17) is 9.47 Å². The van der Waals surface area contributed by atoms with Gasteiger partial charge in [0.1, 0.15) is 18.1 Å². The summed E-state index contributed by atoms with van der Waals surface area (Å²) in [7, 11) is 3.74. The molecule has 1 aromatic carbocycles. The number of rotatable bonds is 7. The van der Waals surface area contributed by atoms with Crippen molar-refractivity contribution in [3.63, 3.8) is 0 Å². The molecule has 2 aromatic rings. The molecule has 1 aromatic heterocycles. The molecule has 20 heavy (non-hydrogen) atoms. The van der Waals surface area contributed by atoms with Crippen LogP contribution in [0, 0.1) is 0 Å². The second-order valence-corrected chi connectivity index (χ2v) is 4.62. The maximum absolute atomic E-state index is 5.70. The summed E-state index contributed by atoms with van der Waals surface area (Å²) in [5.74, 6) is 1.70. The molecule has 0 amide bonds. The van der Waals surface area contributed by atoms with Crippen LogP contribution in [0.3, 0.4) is 0 Å². The summed E-state index contributed by atoms with van der Waals surface area (Å²) in [5, 5.41) is 0. The van der Waals surface area contributed by atoms with E-state index in [1.807, 2.05) is 48.8 Å². The Labute approximate surface area is 120 Å². The van der Waals surface area contributed by atoms with Gasteiger partial charge in [0, 0.05) is 25.5 Å². The number of likely N-dealkylation sites (N-methyl/N-ethyl adjacent to an activating group) is 1. The zero-order valence-corrected chi connectivity index (χ0v) is 12.0. The molecule has 1 heterocycles. The normalized spacial score (nSPS) is 10.6. The van der Waals surface area contributed by atoms with Crippen LogP contribution < -0.4 is 9.47 Å². The van der Waals surface area contributed by atoms with Crippen LogP contribution >= 0.6 is 0 Å². The summed E-state index contributed by atoms with van der Waals surface area (Å²) in [5.41, 5.74) is 1.26. The fourth-order valence-corrected chi connectivity index (χ4v) is 1.87. The van der Waals surface area contributed by atoms with E-state index in [0.29, 0.717) is 6.61 Å². The molecule has 0 unspecified atom stereocenters. The van der Waals surface area contributed by atoms with Crippen molar-refractivity contribution in [2.24, 2.45) is 0 Å². The van der Waals surface area contributed by atoms with E-state index in [0.717, 1.165) is 24.6 Å². The summed E-state index contributed by atoms with van der Waals surface area (Å²) in [6.45, 7) is 2.43. The Kier molecular flexibility index (Phi) is 5.38. The van der Waals surface area contributed by atoms with Gasteiger partial charge < -0.3 is 9.47 Å². The van der Waals surface area contributed by atoms with E-state index in [1.54, 1.807) is 7.11 Å². The second kappa shape index (κ2) is 7.50. The molecule has 0 atom stereocenters. The van der Waals surface area contributed by atoms with Gasteiger partial charge in [-0.25, -0.2) is 0 Å². The fraction of sp³-hybridized carbons (Fsp3) is 0.312.